The number of aryl methyl sites for hydroxylation is 1. The van der Waals surface area contributed by atoms with Gasteiger partial charge in [0.25, 0.3) is 0 Å². The third-order valence-corrected chi connectivity index (χ3v) is 5.10. The maximum absolute atomic E-state index is 12.2. The number of carbonyl (C=O) groups is 1. The van der Waals surface area contributed by atoms with E-state index < -0.39 is 5.41 Å². The lowest BCUT2D eigenvalue weighted by Crippen LogP contribution is -2.48. The summed E-state index contributed by atoms with van der Waals surface area (Å²) in [7, 11) is 0. The second kappa shape index (κ2) is 7.71. The molecule has 0 spiro atoms. The second-order valence-corrected chi connectivity index (χ2v) is 8.70. The van der Waals surface area contributed by atoms with Crippen LogP contribution in [-0.2, 0) is 19.0 Å². The van der Waals surface area contributed by atoms with Gasteiger partial charge >= 0.3 is 5.97 Å². The number of hydrogen-bond acceptors (Lipinski definition) is 4. The molecule has 0 N–H and O–H groups in total. The molecule has 0 aliphatic carbocycles. The summed E-state index contributed by atoms with van der Waals surface area (Å²) in [6.45, 7) is 8.15. The highest BCUT2D eigenvalue weighted by atomic mass is 35.5. The minimum atomic E-state index is -0.541. The first kappa shape index (κ1) is 19.4. The summed E-state index contributed by atoms with van der Waals surface area (Å²) in [5, 5.41) is 0.723. The molecule has 1 saturated heterocycles. The predicted molar refractivity (Wildman–Crippen MR) is 101 cm³/mol. The fourth-order valence-electron chi connectivity index (χ4n) is 3.36. The molecule has 0 unspecified atom stereocenters. The van der Waals surface area contributed by atoms with E-state index in [4.69, 9.17) is 25.8 Å². The maximum atomic E-state index is 12.2. The molecule has 0 aromatic heterocycles. The lowest BCUT2D eigenvalue weighted by atomic mass is 9.85. The van der Waals surface area contributed by atoms with Gasteiger partial charge in [0.2, 0.25) is 0 Å². The molecule has 1 fully saturated rings. The first-order valence-corrected chi connectivity index (χ1v) is 9.49. The second-order valence-electron chi connectivity index (χ2n) is 8.21. The summed E-state index contributed by atoms with van der Waals surface area (Å²) in [5.41, 5.74) is 1.79. The van der Waals surface area contributed by atoms with E-state index in [-0.39, 0.29) is 36.8 Å². The lowest BCUT2D eigenvalue weighted by molar-refractivity contribution is -0.188. The summed E-state index contributed by atoms with van der Waals surface area (Å²) in [5.74, 6) is -0.0888. The summed E-state index contributed by atoms with van der Waals surface area (Å²) < 4.78 is 17.7. The maximum Gasteiger partial charge on any atom is 0.311 e. The molecule has 0 radical (unpaired) electrons. The van der Waals surface area contributed by atoms with E-state index in [2.05, 4.69) is 37.3 Å². The molecule has 3 rings (SSSR count). The quantitative estimate of drug-likeness (QED) is 0.723. The summed E-state index contributed by atoms with van der Waals surface area (Å²) in [6.07, 6.45) is 2.34. The van der Waals surface area contributed by atoms with E-state index in [0.29, 0.717) is 6.61 Å². The number of carbonyl (C=O) groups excluding carboxylic acids is 1. The average Bonchev–Trinajstić information content (AvgIpc) is 2.58. The van der Waals surface area contributed by atoms with Crippen LogP contribution in [0.25, 0.3) is 0 Å². The van der Waals surface area contributed by atoms with Crippen molar-refractivity contribution in [3.63, 3.8) is 0 Å². The Balaban J connectivity index is 1.77. The Morgan fingerprint density at radius 3 is 2.62 bits per heavy atom. The lowest BCUT2D eigenvalue weighted by Gasteiger charge is -2.42. The van der Waals surface area contributed by atoms with Gasteiger partial charge in [-0.25, -0.2) is 0 Å². The summed E-state index contributed by atoms with van der Waals surface area (Å²) in [6, 6.07) is 8.35. The third-order valence-electron chi connectivity index (χ3n) is 4.86. The molecule has 5 heteroatoms. The number of ether oxygens (including phenoxy) is 3. The van der Waals surface area contributed by atoms with Gasteiger partial charge in [-0.05, 0) is 39.7 Å². The zero-order chi connectivity index (χ0) is 18.9. The van der Waals surface area contributed by atoms with E-state index in [1.165, 1.54) is 5.56 Å². The summed E-state index contributed by atoms with van der Waals surface area (Å²) >= 11 is 6.20. The topological polar surface area (TPSA) is 44.8 Å². The van der Waals surface area contributed by atoms with Gasteiger partial charge in [-0.1, -0.05) is 47.5 Å². The van der Waals surface area contributed by atoms with Gasteiger partial charge in [0.05, 0.1) is 24.2 Å². The average molecular weight is 379 g/mol. The molecule has 0 saturated carbocycles. The van der Waals surface area contributed by atoms with Crippen LogP contribution < -0.4 is 0 Å². The molecule has 0 amide bonds. The first-order chi connectivity index (χ1) is 12.2. The van der Waals surface area contributed by atoms with Crippen molar-refractivity contribution < 1.29 is 19.0 Å². The molecular formula is C21H27ClO4. The van der Waals surface area contributed by atoms with Crippen LogP contribution in [0.5, 0.6) is 0 Å². The van der Waals surface area contributed by atoms with Crippen molar-refractivity contribution in [1.29, 1.82) is 0 Å². The largest absolute Gasteiger partial charge is 0.462 e. The van der Waals surface area contributed by atoms with Crippen molar-refractivity contribution >= 4 is 17.6 Å². The van der Waals surface area contributed by atoms with Crippen molar-refractivity contribution in [3.05, 3.63) is 46.5 Å². The van der Waals surface area contributed by atoms with Gasteiger partial charge in [-0.15, -0.1) is 0 Å². The normalized spacial score (nSPS) is 28.9. The smallest absolute Gasteiger partial charge is 0.311 e. The van der Waals surface area contributed by atoms with Gasteiger partial charge in [0, 0.05) is 11.0 Å². The Morgan fingerprint density at radius 1 is 1.27 bits per heavy atom. The van der Waals surface area contributed by atoms with Gasteiger partial charge < -0.3 is 14.2 Å². The number of rotatable bonds is 3. The molecule has 1 aromatic carbocycles. The number of hydrogen-bond donors (Lipinski definition) is 0. The van der Waals surface area contributed by atoms with Crippen molar-refractivity contribution in [3.8, 4) is 0 Å². The minimum absolute atomic E-state index is 0.0717. The van der Waals surface area contributed by atoms with Crippen LogP contribution in [0, 0.1) is 18.3 Å². The van der Waals surface area contributed by atoms with E-state index in [0.717, 1.165) is 17.0 Å². The molecular weight excluding hydrogens is 352 g/mol. The van der Waals surface area contributed by atoms with E-state index >= 15 is 0 Å². The predicted octanol–water partition coefficient (Wildman–Crippen LogP) is 4.55. The highest BCUT2D eigenvalue weighted by molar-refractivity contribution is 6.29. The number of fused-ring (bicyclic) bond motifs is 1. The molecule has 2 heterocycles. The number of benzene rings is 1. The van der Waals surface area contributed by atoms with Crippen LogP contribution in [0.2, 0.25) is 0 Å². The van der Waals surface area contributed by atoms with Crippen LogP contribution in [0.4, 0.5) is 0 Å². The van der Waals surface area contributed by atoms with Gasteiger partial charge in [0.1, 0.15) is 12.7 Å². The van der Waals surface area contributed by atoms with E-state index in [1.54, 1.807) is 0 Å². The molecule has 2 aliphatic rings. The highest BCUT2D eigenvalue weighted by Gasteiger charge is 2.42. The molecule has 26 heavy (non-hydrogen) atoms. The van der Waals surface area contributed by atoms with Crippen molar-refractivity contribution in [2.24, 2.45) is 11.3 Å². The Kier molecular flexibility index (Phi) is 5.75. The summed E-state index contributed by atoms with van der Waals surface area (Å²) in [4.78, 5) is 12.2. The minimum Gasteiger partial charge on any atom is -0.462 e. The molecule has 2 aliphatic heterocycles. The van der Waals surface area contributed by atoms with E-state index in [1.807, 2.05) is 20.8 Å². The molecule has 0 bridgehead atoms. The zero-order valence-electron chi connectivity index (χ0n) is 15.8. The number of halogens is 1. The monoisotopic (exact) mass is 378 g/mol. The molecule has 142 valence electrons. The van der Waals surface area contributed by atoms with Crippen LogP contribution >= 0.6 is 11.6 Å². The highest BCUT2D eigenvalue weighted by Crippen LogP contribution is 2.40. The Hall–Kier alpha value is -1.36. The Labute approximate surface area is 160 Å². The van der Waals surface area contributed by atoms with Crippen molar-refractivity contribution in [2.45, 2.75) is 52.4 Å². The number of esters is 1. The fourth-order valence-corrected chi connectivity index (χ4v) is 3.58. The van der Waals surface area contributed by atoms with Crippen LogP contribution in [0.1, 0.15) is 44.4 Å². The van der Waals surface area contributed by atoms with Crippen molar-refractivity contribution in [1.82, 2.24) is 0 Å². The first-order valence-electron chi connectivity index (χ1n) is 9.11. The van der Waals surface area contributed by atoms with Gasteiger partial charge in [0.15, 0.2) is 0 Å². The van der Waals surface area contributed by atoms with Crippen LogP contribution in [-0.4, -0.2) is 31.4 Å². The van der Waals surface area contributed by atoms with Crippen LogP contribution in [0.15, 0.2) is 35.4 Å². The van der Waals surface area contributed by atoms with Gasteiger partial charge in [-0.2, -0.15) is 0 Å². The Morgan fingerprint density at radius 2 is 1.96 bits per heavy atom. The Bertz CT molecular complexity index is 674. The zero-order valence-corrected chi connectivity index (χ0v) is 16.6. The van der Waals surface area contributed by atoms with E-state index in [9.17, 15) is 4.79 Å². The van der Waals surface area contributed by atoms with Gasteiger partial charge in [-0.3, -0.25) is 4.79 Å². The fraction of sp³-hybridized carbons (Fsp3) is 0.571. The molecule has 4 atom stereocenters. The molecule has 1 aromatic rings. The SMILES string of the molecule is Cc1ccc([C@H]2C[C@H]3C=C(Cl)CO[C@@H]3[C@@H](COC(=O)C(C)(C)C)O2)cc1. The van der Waals surface area contributed by atoms with Crippen molar-refractivity contribution in [2.75, 3.05) is 13.2 Å². The standard InChI is InChI=1S/C21H27ClO4/c1-13-5-7-14(8-6-13)17-10-15-9-16(22)11-24-19(15)18(26-17)12-25-20(23)21(2,3)4/h5-9,15,17-19H,10-12H2,1-4H3/t15-,17-,18-,19+/m1/s1. The van der Waals surface area contributed by atoms with Crippen LogP contribution in [0.3, 0.4) is 0 Å². The third kappa shape index (κ3) is 4.48. The molecule has 4 nitrogen and oxygen atoms in total.